The summed E-state index contributed by atoms with van der Waals surface area (Å²) in [6, 6.07) is -0.880. The molecule has 0 radical (unpaired) electrons. The van der Waals surface area contributed by atoms with Gasteiger partial charge in [-0.1, -0.05) is 0 Å². The number of nitrogens with one attached hydrogen (secondary N) is 1. The highest BCUT2D eigenvalue weighted by Crippen LogP contribution is 2.11. The third kappa shape index (κ3) is 2.96. The van der Waals surface area contributed by atoms with Crippen molar-refractivity contribution < 1.29 is 18.3 Å². The predicted octanol–water partition coefficient (Wildman–Crippen LogP) is -0.764. The van der Waals surface area contributed by atoms with Crippen LogP contribution in [-0.2, 0) is 14.6 Å². The van der Waals surface area contributed by atoms with E-state index < -0.39 is 21.8 Å². The van der Waals surface area contributed by atoms with Crippen LogP contribution in [0.25, 0.3) is 0 Å². The van der Waals surface area contributed by atoms with Crippen LogP contribution in [0.5, 0.6) is 0 Å². The molecule has 13 heavy (non-hydrogen) atoms. The molecule has 5 nitrogen and oxygen atoms in total. The molecule has 2 atom stereocenters. The molecule has 0 spiro atoms. The van der Waals surface area contributed by atoms with Gasteiger partial charge in [-0.25, -0.2) is 8.42 Å². The maximum Gasteiger partial charge on any atom is 0.320 e. The highest BCUT2D eigenvalue weighted by Gasteiger charge is 2.29. The lowest BCUT2D eigenvalue weighted by Crippen LogP contribution is -2.41. The van der Waals surface area contributed by atoms with Crippen LogP contribution in [0.15, 0.2) is 0 Å². The van der Waals surface area contributed by atoms with Gasteiger partial charge in [-0.2, -0.15) is 0 Å². The van der Waals surface area contributed by atoms with Crippen LogP contribution in [0.3, 0.4) is 0 Å². The van der Waals surface area contributed by atoms with Gasteiger partial charge in [-0.05, 0) is 13.3 Å². The molecule has 1 aliphatic rings. The van der Waals surface area contributed by atoms with E-state index in [1.165, 1.54) is 6.92 Å². The minimum atomic E-state index is -2.92. The van der Waals surface area contributed by atoms with Gasteiger partial charge in [0.1, 0.15) is 6.04 Å². The Kier molecular flexibility index (Phi) is 2.92. The highest BCUT2D eigenvalue weighted by molar-refractivity contribution is 7.91. The van der Waals surface area contributed by atoms with Gasteiger partial charge < -0.3 is 10.4 Å². The van der Waals surface area contributed by atoms with Crippen LogP contribution >= 0.6 is 0 Å². The molecule has 0 aliphatic carbocycles. The number of carboxylic acid groups (broad SMARTS) is 1. The van der Waals surface area contributed by atoms with Crippen molar-refractivity contribution in [3.63, 3.8) is 0 Å². The van der Waals surface area contributed by atoms with Crippen molar-refractivity contribution in [3.05, 3.63) is 0 Å². The number of carboxylic acids is 1. The molecule has 0 bridgehead atoms. The Hall–Kier alpha value is -0.620. The van der Waals surface area contributed by atoms with E-state index in [4.69, 9.17) is 5.11 Å². The fourth-order valence-corrected chi connectivity index (χ4v) is 3.04. The van der Waals surface area contributed by atoms with Gasteiger partial charge in [-0.3, -0.25) is 4.79 Å². The zero-order chi connectivity index (χ0) is 10.1. The normalized spacial score (nSPS) is 28.5. The summed E-state index contributed by atoms with van der Waals surface area (Å²) in [5.41, 5.74) is 0. The van der Waals surface area contributed by atoms with Crippen LogP contribution in [-0.4, -0.2) is 43.1 Å². The Morgan fingerprint density at radius 2 is 2.23 bits per heavy atom. The molecule has 1 rings (SSSR count). The van der Waals surface area contributed by atoms with E-state index in [1.54, 1.807) is 0 Å². The summed E-state index contributed by atoms with van der Waals surface area (Å²) in [6.45, 7) is 1.51. The molecule has 0 amide bonds. The second-order valence-electron chi connectivity index (χ2n) is 3.33. The van der Waals surface area contributed by atoms with Crippen LogP contribution in [0.2, 0.25) is 0 Å². The summed E-state index contributed by atoms with van der Waals surface area (Å²) in [4.78, 5) is 10.4. The second-order valence-corrected chi connectivity index (χ2v) is 5.56. The van der Waals surface area contributed by atoms with Crippen LogP contribution in [0, 0.1) is 0 Å². The van der Waals surface area contributed by atoms with Crippen molar-refractivity contribution in [3.8, 4) is 0 Å². The lowest BCUT2D eigenvalue weighted by molar-refractivity contribution is -0.139. The Bertz CT molecular complexity index is 298. The first kappa shape index (κ1) is 10.5. The van der Waals surface area contributed by atoms with Crippen LogP contribution in [0.1, 0.15) is 13.3 Å². The van der Waals surface area contributed by atoms with Crippen molar-refractivity contribution in [1.29, 1.82) is 0 Å². The molecule has 1 saturated heterocycles. The second kappa shape index (κ2) is 3.63. The minimum absolute atomic E-state index is 0.0601. The predicted molar refractivity (Wildman–Crippen MR) is 47.3 cm³/mol. The molecule has 0 aromatic carbocycles. The summed E-state index contributed by atoms with van der Waals surface area (Å²) in [7, 11) is -2.92. The first-order chi connectivity index (χ1) is 5.91. The summed E-state index contributed by atoms with van der Waals surface area (Å²) >= 11 is 0. The molecule has 2 unspecified atom stereocenters. The average Bonchev–Trinajstić information content (AvgIpc) is 2.30. The van der Waals surface area contributed by atoms with Crippen molar-refractivity contribution in [2.75, 3.05) is 11.5 Å². The van der Waals surface area contributed by atoms with Gasteiger partial charge in [0.2, 0.25) is 0 Å². The number of sulfone groups is 1. The van der Waals surface area contributed by atoms with Gasteiger partial charge >= 0.3 is 5.97 Å². The Labute approximate surface area is 77.1 Å². The quantitative estimate of drug-likeness (QED) is 0.635. The summed E-state index contributed by atoms with van der Waals surface area (Å²) in [6.07, 6.45) is 0.514. The van der Waals surface area contributed by atoms with Gasteiger partial charge in [0.05, 0.1) is 11.5 Å². The highest BCUT2D eigenvalue weighted by atomic mass is 32.2. The molecule has 0 aromatic heterocycles. The van der Waals surface area contributed by atoms with Gasteiger partial charge in [-0.15, -0.1) is 0 Å². The van der Waals surface area contributed by atoms with Crippen molar-refractivity contribution in [1.82, 2.24) is 5.32 Å². The molecule has 1 aliphatic heterocycles. The molecule has 1 fully saturated rings. The standard InChI is InChI=1S/C7H13NO4S/c1-5(7(9)10)8-6-2-3-13(11,12)4-6/h5-6,8H,2-4H2,1H3,(H,9,10). The number of rotatable bonds is 3. The van der Waals surface area contributed by atoms with Crippen LogP contribution < -0.4 is 5.32 Å². The number of hydrogen-bond acceptors (Lipinski definition) is 4. The molecule has 0 aromatic rings. The smallest absolute Gasteiger partial charge is 0.320 e. The largest absolute Gasteiger partial charge is 0.480 e. The van der Waals surface area contributed by atoms with Crippen molar-refractivity contribution in [2.45, 2.75) is 25.4 Å². The number of carbonyl (C=O) groups is 1. The molecule has 6 heteroatoms. The van der Waals surface area contributed by atoms with Gasteiger partial charge in [0.15, 0.2) is 9.84 Å². The maximum atomic E-state index is 11.0. The van der Waals surface area contributed by atoms with Gasteiger partial charge in [0, 0.05) is 6.04 Å². The summed E-state index contributed by atoms with van der Waals surface area (Å²) in [5, 5.41) is 11.3. The van der Waals surface area contributed by atoms with Crippen molar-refractivity contribution in [2.24, 2.45) is 0 Å². The average molecular weight is 207 g/mol. The fourth-order valence-electron chi connectivity index (χ4n) is 1.35. The van der Waals surface area contributed by atoms with Crippen molar-refractivity contribution >= 4 is 15.8 Å². The van der Waals surface area contributed by atoms with E-state index in [1.807, 2.05) is 0 Å². The molecule has 76 valence electrons. The van der Waals surface area contributed by atoms with E-state index in [-0.39, 0.29) is 17.5 Å². The molecule has 0 saturated carbocycles. The third-order valence-electron chi connectivity index (χ3n) is 2.09. The summed E-state index contributed by atoms with van der Waals surface area (Å²) < 4.78 is 22.0. The first-order valence-electron chi connectivity index (χ1n) is 4.10. The first-order valence-corrected chi connectivity index (χ1v) is 5.92. The third-order valence-corrected chi connectivity index (χ3v) is 3.86. The lowest BCUT2D eigenvalue weighted by Gasteiger charge is -2.13. The Morgan fingerprint density at radius 3 is 2.62 bits per heavy atom. The zero-order valence-electron chi connectivity index (χ0n) is 7.36. The van der Waals surface area contributed by atoms with Crippen LogP contribution in [0.4, 0.5) is 0 Å². The lowest BCUT2D eigenvalue weighted by atomic mass is 10.2. The molecule has 2 N–H and O–H groups in total. The molecular formula is C7H13NO4S. The topological polar surface area (TPSA) is 83.5 Å². The molecular weight excluding hydrogens is 194 g/mol. The zero-order valence-corrected chi connectivity index (χ0v) is 8.17. The van der Waals surface area contributed by atoms with Gasteiger partial charge in [0.25, 0.3) is 0 Å². The summed E-state index contributed by atoms with van der Waals surface area (Å²) in [5.74, 6) is -0.731. The van der Waals surface area contributed by atoms with E-state index >= 15 is 0 Å². The molecule has 1 heterocycles. The SMILES string of the molecule is CC(NC1CCS(=O)(=O)C1)C(=O)O. The minimum Gasteiger partial charge on any atom is -0.480 e. The Morgan fingerprint density at radius 1 is 1.62 bits per heavy atom. The monoisotopic (exact) mass is 207 g/mol. The van der Waals surface area contributed by atoms with E-state index in [2.05, 4.69) is 5.32 Å². The van der Waals surface area contributed by atoms with E-state index in [0.717, 1.165) is 0 Å². The van der Waals surface area contributed by atoms with E-state index in [9.17, 15) is 13.2 Å². The number of hydrogen-bond donors (Lipinski definition) is 2. The fraction of sp³-hybridized carbons (Fsp3) is 0.857. The Balaban J connectivity index is 2.45. The van der Waals surface area contributed by atoms with E-state index in [0.29, 0.717) is 6.42 Å². The maximum absolute atomic E-state index is 11.0. The number of aliphatic carboxylic acids is 1.